The van der Waals surface area contributed by atoms with Crippen LogP contribution in [0.2, 0.25) is 0 Å². The monoisotopic (exact) mass is 361 g/mol. The molecule has 1 unspecified atom stereocenters. The lowest BCUT2D eigenvalue weighted by molar-refractivity contribution is 0.0688. The van der Waals surface area contributed by atoms with Gasteiger partial charge in [0.2, 0.25) is 0 Å². The van der Waals surface area contributed by atoms with Gasteiger partial charge in [0.05, 0.1) is 15.5 Å². The average Bonchev–Trinajstić information content (AvgIpc) is 2.97. The molecule has 2 aliphatic rings. The molecular formula is C18H19NO3S2. The van der Waals surface area contributed by atoms with Crippen LogP contribution in [-0.4, -0.2) is 32.3 Å². The van der Waals surface area contributed by atoms with E-state index in [0.717, 1.165) is 41.9 Å². The van der Waals surface area contributed by atoms with E-state index >= 15 is 0 Å². The van der Waals surface area contributed by atoms with Gasteiger partial charge < -0.3 is 4.90 Å². The number of benzene rings is 1. The van der Waals surface area contributed by atoms with Gasteiger partial charge in [-0.3, -0.25) is 4.79 Å². The van der Waals surface area contributed by atoms with Gasteiger partial charge in [-0.2, -0.15) is 0 Å². The van der Waals surface area contributed by atoms with Crippen LogP contribution in [0.25, 0.3) is 10.4 Å². The molecule has 1 saturated heterocycles. The third kappa shape index (κ3) is 2.58. The lowest BCUT2D eigenvalue weighted by atomic mass is 10.0. The minimum Gasteiger partial charge on any atom is -0.338 e. The van der Waals surface area contributed by atoms with Gasteiger partial charge >= 0.3 is 0 Å². The zero-order chi connectivity index (χ0) is 16.9. The van der Waals surface area contributed by atoms with Crippen molar-refractivity contribution in [3.05, 3.63) is 40.8 Å². The normalized spacial score (nSPS) is 21.9. The van der Waals surface area contributed by atoms with Crippen molar-refractivity contribution in [2.75, 3.05) is 13.1 Å². The number of amides is 1. The predicted octanol–water partition coefficient (Wildman–Crippen LogP) is 3.57. The van der Waals surface area contributed by atoms with Gasteiger partial charge in [0, 0.05) is 23.5 Å². The van der Waals surface area contributed by atoms with Crippen LogP contribution in [0.15, 0.2) is 35.2 Å². The van der Waals surface area contributed by atoms with Gasteiger partial charge in [-0.05, 0) is 36.5 Å². The van der Waals surface area contributed by atoms with Gasteiger partial charge in [0.15, 0.2) is 9.84 Å². The van der Waals surface area contributed by atoms with E-state index in [2.05, 4.69) is 6.92 Å². The van der Waals surface area contributed by atoms with Crippen molar-refractivity contribution in [2.24, 2.45) is 5.92 Å². The molecule has 0 N–H and O–H groups in total. The summed E-state index contributed by atoms with van der Waals surface area (Å²) in [5.74, 6) is 0.550. The zero-order valence-electron chi connectivity index (χ0n) is 13.5. The first kappa shape index (κ1) is 15.8. The summed E-state index contributed by atoms with van der Waals surface area (Å²) < 4.78 is 24.9. The molecule has 2 aromatic rings. The molecule has 4 rings (SSSR count). The van der Waals surface area contributed by atoms with E-state index in [1.165, 1.54) is 11.3 Å². The first-order valence-corrected chi connectivity index (χ1v) is 10.7. The Morgan fingerprint density at radius 1 is 1.29 bits per heavy atom. The molecule has 0 saturated carbocycles. The molecule has 126 valence electrons. The van der Waals surface area contributed by atoms with Gasteiger partial charge in [-0.25, -0.2) is 8.42 Å². The number of hydrogen-bond acceptors (Lipinski definition) is 4. The lowest BCUT2D eigenvalue weighted by Crippen LogP contribution is -2.38. The van der Waals surface area contributed by atoms with Crippen LogP contribution in [0.3, 0.4) is 0 Å². The van der Waals surface area contributed by atoms with Crippen molar-refractivity contribution in [3.63, 3.8) is 0 Å². The first-order valence-electron chi connectivity index (χ1n) is 8.20. The predicted molar refractivity (Wildman–Crippen MR) is 94.9 cm³/mol. The van der Waals surface area contributed by atoms with Gasteiger partial charge in [0.25, 0.3) is 5.91 Å². The number of rotatable bonds is 1. The summed E-state index contributed by atoms with van der Waals surface area (Å²) in [6.07, 6.45) is 2.20. The summed E-state index contributed by atoms with van der Waals surface area (Å²) in [7, 11) is -3.32. The van der Waals surface area contributed by atoms with E-state index in [-0.39, 0.29) is 11.7 Å². The van der Waals surface area contributed by atoms with Crippen LogP contribution in [0, 0.1) is 5.92 Å². The van der Waals surface area contributed by atoms with Crippen LogP contribution >= 0.6 is 11.3 Å². The molecule has 3 heterocycles. The number of sulfone groups is 1. The zero-order valence-corrected chi connectivity index (χ0v) is 15.1. The Hall–Kier alpha value is -1.66. The highest BCUT2D eigenvalue weighted by molar-refractivity contribution is 7.91. The van der Waals surface area contributed by atoms with E-state index < -0.39 is 9.84 Å². The van der Waals surface area contributed by atoms with E-state index in [1.54, 1.807) is 18.2 Å². The molecule has 0 bridgehead atoms. The number of nitrogens with zero attached hydrogens (tertiary/aromatic N) is 1. The number of fused-ring (bicyclic) bond motifs is 3. The van der Waals surface area contributed by atoms with Gasteiger partial charge in [0.1, 0.15) is 0 Å². The molecule has 0 aliphatic carbocycles. The van der Waals surface area contributed by atoms with E-state index in [9.17, 15) is 13.2 Å². The Bertz CT molecular complexity index is 914. The number of thiophene rings is 1. The molecule has 2 aliphatic heterocycles. The quantitative estimate of drug-likeness (QED) is 0.780. The smallest absolute Gasteiger partial charge is 0.263 e. The van der Waals surface area contributed by atoms with Gasteiger partial charge in [-0.1, -0.05) is 25.1 Å². The second-order valence-electron chi connectivity index (χ2n) is 6.72. The van der Waals surface area contributed by atoms with E-state index in [4.69, 9.17) is 0 Å². The van der Waals surface area contributed by atoms with Crippen molar-refractivity contribution in [1.82, 2.24) is 4.90 Å². The molecular weight excluding hydrogens is 342 g/mol. The third-order valence-corrected chi connectivity index (χ3v) is 7.69. The Labute approximate surface area is 146 Å². The molecule has 24 heavy (non-hydrogen) atoms. The molecule has 6 heteroatoms. The summed E-state index contributed by atoms with van der Waals surface area (Å²) >= 11 is 1.43. The van der Waals surface area contributed by atoms with Crippen molar-refractivity contribution >= 4 is 27.1 Å². The Morgan fingerprint density at radius 2 is 2.08 bits per heavy atom. The fourth-order valence-electron chi connectivity index (χ4n) is 3.61. The highest BCUT2D eigenvalue weighted by Gasteiger charge is 2.32. The van der Waals surface area contributed by atoms with Crippen LogP contribution in [0.1, 0.15) is 35.0 Å². The number of hydrogen-bond donors (Lipinski definition) is 0. The third-order valence-electron chi connectivity index (χ3n) is 4.78. The summed E-state index contributed by atoms with van der Waals surface area (Å²) in [5.41, 5.74) is 1.49. The van der Waals surface area contributed by atoms with Crippen LogP contribution in [-0.2, 0) is 15.6 Å². The molecule has 0 spiro atoms. The topological polar surface area (TPSA) is 54.5 Å². The van der Waals surface area contributed by atoms with E-state index in [1.807, 2.05) is 17.0 Å². The minimum atomic E-state index is -3.32. The number of piperidine rings is 1. The second kappa shape index (κ2) is 5.70. The molecule has 1 aromatic carbocycles. The van der Waals surface area contributed by atoms with Crippen molar-refractivity contribution < 1.29 is 13.2 Å². The Morgan fingerprint density at radius 3 is 2.88 bits per heavy atom. The molecule has 1 atom stereocenters. The fourth-order valence-corrected chi connectivity index (χ4v) is 6.53. The Balaban J connectivity index is 1.74. The number of carbonyl (C=O) groups is 1. The van der Waals surface area contributed by atoms with Crippen LogP contribution < -0.4 is 0 Å². The van der Waals surface area contributed by atoms with E-state index in [0.29, 0.717) is 15.7 Å². The van der Waals surface area contributed by atoms with Crippen LogP contribution in [0.5, 0.6) is 0 Å². The molecule has 1 amide bonds. The SMILES string of the molecule is CC1CCCN(C(=O)c2cc3c(s2)-c2ccccc2S(=O)(=O)C3)C1. The minimum absolute atomic E-state index is 0.0144. The second-order valence-corrected chi connectivity index (χ2v) is 9.73. The van der Waals surface area contributed by atoms with Crippen molar-refractivity contribution in [3.8, 4) is 10.4 Å². The first-order chi connectivity index (χ1) is 11.5. The number of likely N-dealkylation sites (tertiary alicyclic amines) is 1. The summed E-state index contributed by atoms with van der Waals surface area (Å²) in [4.78, 5) is 16.7. The summed E-state index contributed by atoms with van der Waals surface area (Å²) in [6.45, 7) is 3.75. The standard InChI is InChI=1S/C18H19NO3S2/c1-12-5-4-8-19(10-12)18(20)15-9-13-11-24(21,22)16-7-3-2-6-14(16)17(13)23-15/h2-3,6-7,9,12H,4-5,8,10-11H2,1H3. The lowest BCUT2D eigenvalue weighted by Gasteiger charge is -2.30. The summed E-state index contributed by atoms with van der Waals surface area (Å²) in [6, 6.07) is 8.86. The largest absolute Gasteiger partial charge is 0.338 e. The fraction of sp³-hybridized carbons (Fsp3) is 0.389. The molecule has 4 nitrogen and oxygen atoms in total. The number of carbonyl (C=O) groups excluding carboxylic acids is 1. The maximum absolute atomic E-state index is 12.8. The highest BCUT2D eigenvalue weighted by Crippen LogP contribution is 2.43. The van der Waals surface area contributed by atoms with Crippen molar-refractivity contribution in [1.29, 1.82) is 0 Å². The van der Waals surface area contributed by atoms with Crippen LogP contribution in [0.4, 0.5) is 0 Å². The molecule has 0 radical (unpaired) electrons. The summed E-state index contributed by atoms with van der Waals surface area (Å²) in [5, 5.41) is 0. The average molecular weight is 361 g/mol. The maximum atomic E-state index is 12.8. The maximum Gasteiger partial charge on any atom is 0.263 e. The molecule has 1 fully saturated rings. The van der Waals surface area contributed by atoms with Gasteiger partial charge in [-0.15, -0.1) is 11.3 Å². The Kier molecular flexibility index (Phi) is 3.77. The highest BCUT2D eigenvalue weighted by atomic mass is 32.2. The molecule has 1 aromatic heterocycles. The van der Waals surface area contributed by atoms with Crippen molar-refractivity contribution in [2.45, 2.75) is 30.4 Å².